The van der Waals surface area contributed by atoms with Crippen molar-refractivity contribution in [2.24, 2.45) is 9.98 Å². The Morgan fingerprint density at radius 1 is 0.397 bits per heavy atom. The number of allylic oxidation sites excluding steroid dienone is 1. The van der Waals surface area contributed by atoms with Crippen LogP contribution in [0.1, 0.15) is 36.0 Å². The number of nitrogens with zero attached hydrogens (tertiary/aromatic N) is 4. The highest BCUT2D eigenvalue weighted by atomic mass is 32.1. The summed E-state index contributed by atoms with van der Waals surface area (Å²) in [5.41, 5.74) is 12.1. The zero-order valence-corrected chi connectivity index (χ0v) is 32.6. The zero-order chi connectivity index (χ0) is 38.7. The number of fused-ring (bicyclic) bond motifs is 3. The third kappa shape index (κ3) is 7.32. The molecule has 5 heteroatoms. The van der Waals surface area contributed by atoms with Gasteiger partial charge in [-0.1, -0.05) is 164 Å². The first kappa shape index (κ1) is 35.3. The molecule has 7 aromatic carbocycles. The normalized spacial score (nSPS) is 16.0. The summed E-state index contributed by atoms with van der Waals surface area (Å²) in [6.07, 6.45) is 4.92. The number of amidine groups is 1. The first-order valence-corrected chi connectivity index (χ1v) is 20.6. The van der Waals surface area contributed by atoms with Crippen molar-refractivity contribution in [2.75, 3.05) is 0 Å². The van der Waals surface area contributed by atoms with Gasteiger partial charge in [0.05, 0.1) is 22.8 Å². The second-order valence-electron chi connectivity index (χ2n) is 14.5. The van der Waals surface area contributed by atoms with Crippen LogP contribution in [0.15, 0.2) is 204 Å². The lowest BCUT2D eigenvalue weighted by atomic mass is 9.99. The molecule has 0 aliphatic carbocycles. The lowest BCUT2D eigenvalue weighted by Crippen LogP contribution is -2.07. The van der Waals surface area contributed by atoms with E-state index >= 15 is 0 Å². The molecule has 0 amide bonds. The molecule has 4 nitrogen and oxygen atoms in total. The van der Waals surface area contributed by atoms with E-state index in [0.717, 1.165) is 86.6 Å². The summed E-state index contributed by atoms with van der Waals surface area (Å²) >= 11 is 1.82. The number of hydrogen-bond donors (Lipinski definition) is 0. The minimum Gasteiger partial charge on any atom is -0.233 e. The van der Waals surface area contributed by atoms with E-state index in [1.807, 2.05) is 41.7 Å². The van der Waals surface area contributed by atoms with Gasteiger partial charge < -0.3 is 0 Å². The van der Waals surface area contributed by atoms with Crippen molar-refractivity contribution in [1.29, 1.82) is 0 Å². The fourth-order valence-electron chi connectivity index (χ4n) is 7.68. The van der Waals surface area contributed by atoms with Gasteiger partial charge in [0.25, 0.3) is 0 Å². The number of hydrogen-bond acceptors (Lipinski definition) is 5. The van der Waals surface area contributed by atoms with Gasteiger partial charge in [-0.2, -0.15) is 0 Å². The number of rotatable bonds is 7. The van der Waals surface area contributed by atoms with Crippen LogP contribution < -0.4 is 0 Å². The van der Waals surface area contributed by atoms with Crippen LogP contribution in [0.2, 0.25) is 0 Å². The summed E-state index contributed by atoms with van der Waals surface area (Å²) in [7, 11) is 0. The quantitative estimate of drug-likeness (QED) is 0.162. The number of thiophene rings is 1. The fraction of sp³-hybridized carbons (Fsp3) is 0.0566. The molecule has 2 aromatic heterocycles. The highest BCUT2D eigenvalue weighted by molar-refractivity contribution is 7.25. The van der Waals surface area contributed by atoms with E-state index in [4.69, 9.17) is 20.0 Å². The molecule has 0 atom stereocenters. The Bertz CT molecular complexity index is 3020. The van der Waals surface area contributed by atoms with Crippen molar-refractivity contribution in [2.45, 2.75) is 19.3 Å². The SMILES string of the molecule is C1=C(c2ccccc2)/N=C(c2ccccc2)\N=C(\c2cccc(-c3cc(-c4ccc5c(c4)sc4ccccc45)nc(-c4cccc(-c5ccccc5)c4)n3)c2)CCC\1. The Kier molecular flexibility index (Phi) is 9.64. The van der Waals surface area contributed by atoms with E-state index in [1.54, 1.807) is 0 Å². The zero-order valence-electron chi connectivity index (χ0n) is 31.8. The molecule has 0 fully saturated rings. The van der Waals surface area contributed by atoms with Gasteiger partial charge in [-0.05, 0) is 71.8 Å². The van der Waals surface area contributed by atoms with Gasteiger partial charge in [-0.25, -0.2) is 20.0 Å². The van der Waals surface area contributed by atoms with E-state index in [0.29, 0.717) is 11.7 Å². The molecule has 0 bridgehead atoms. The highest BCUT2D eigenvalue weighted by Crippen LogP contribution is 2.37. The van der Waals surface area contributed by atoms with Crippen LogP contribution in [0.4, 0.5) is 0 Å². The molecule has 0 radical (unpaired) electrons. The van der Waals surface area contributed by atoms with Gasteiger partial charge in [0.15, 0.2) is 11.7 Å². The average Bonchev–Trinajstić information content (AvgIpc) is 3.72. The number of aliphatic imine (C=N–C) groups is 2. The van der Waals surface area contributed by atoms with Gasteiger partial charge in [-0.15, -0.1) is 11.3 Å². The van der Waals surface area contributed by atoms with Crippen LogP contribution in [0, 0.1) is 0 Å². The molecule has 10 rings (SSSR count). The molecule has 0 spiro atoms. The van der Waals surface area contributed by atoms with Crippen LogP contribution in [0.3, 0.4) is 0 Å². The standard InChI is InChI=1S/C53H38N4S/c1-4-16-36(17-5-1)39-22-14-25-43(32-39)53-56-48(35-49(57-53)42-30-31-45-44-26-10-13-29-50(44)58-51(45)34-42)41-24-15-23-40(33-41)47-28-12-11-27-46(37-18-6-2-7-19-37)54-52(55-47)38-20-8-3-9-21-38/h1-10,13-27,29-35H,11-12,28H2/b46-27-,54-52-,55-47+. The Morgan fingerprint density at radius 2 is 0.983 bits per heavy atom. The van der Waals surface area contributed by atoms with Crippen molar-refractivity contribution in [1.82, 2.24) is 9.97 Å². The van der Waals surface area contributed by atoms with Crippen LogP contribution in [0.5, 0.6) is 0 Å². The first-order valence-electron chi connectivity index (χ1n) is 19.8. The topological polar surface area (TPSA) is 50.5 Å². The summed E-state index contributed by atoms with van der Waals surface area (Å²) in [6, 6.07) is 65.8. The van der Waals surface area contributed by atoms with E-state index in [-0.39, 0.29) is 0 Å². The smallest absolute Gasteiger partial charge is 0.160 e. The predicted molar refractivity (Wildman–Crippen MR) is 244 cm³/mol. The first-order chi connectivity index (χ1) is 28.7. The number of benzene rings is 7. The molecule has 0 saturated heterocycles. The molecule has 0 unspecified atom stereocenters. The van der Waals surface area contributed by atoms with Crippen LogP contribution >= 0.6 is 11.3 Å². The Morgan fingerprint density at radius 3 is 1.76 bits per heavy atom. The monoisotopic (exact) mass is 762 g/mol. The van der Waals surface area contributed by atoms with Crippen molar-refractivity contribution >= 4 is 48.8 Å². The van der Waals surface area contributed by atoms with Crippen molar-refractivity contribution in [3.8, 4) is 45.0 Å². The molecule has 0 N–H and O–H groups in total. The van der Waals surface area contributed by atoms with Crippen molar-refractivity contribution in [3.63, 3.8) is 0 Å². The molecular formula is C53H38N4S. The third-order valence-corrected chi connectivity index (χ3v) is 11.8. The second-order valence-corrected chi connectivity index (χ2v) is 15.6. The second kappa shape index (κ2) is 15.8. The predicted octanol–water partition coefficient (Wildman–Crippen LogP) is 14.0. The Hall–Kier alpha value is -7.08. The molecule has 276 valence electrons. The summed E-state index contributed by atoms with van der Waals surface area (Å²) in [6.45, 7) is 0. The van der Waals surface area contributed by atoms with Crippen molar-refractivity contribution in [3.05, 3.63) is 211 Å². The van der Waals surface area contributed by atoms with E-state index in [2.05, 4.69) is 164 Å². The van der Waals surface area contributed by atoms with E-state index in [9.17, 15) is 0 Å². The molecule has 3 heterocycles. The Balaban J connectivity index is 1.10. The van der Waals surface area contributed by atoms with Crippen molar-refractivity contribution < 1.29 is 0 Å². The summed E-state index contributed by atoms with van der Waals surface area (Å²) in [4.78, 5) is 21.1. The lowest BCUT2D eigenvalue weighted by molar-refractivity contribution is 0.896. The maximum Gasteiger partial charge on any atom is 0.160 e. The summed E-state index contributed by atoms with van der Waals surface area (Å²) in [5, 5.41) is 2.55. The van der Waals surface area contributed by atoms with E-state index in [1.165, 1.54) is 20.2 Å². The maximum absolute atomic E-state index is 5.36. The lowest BCUT2D eigenvalue weighted by Gasteiger charge is -2.13. The van der Waals surface area contributed by atoms with Crippen LogP contribution in [-0.4, -0.2) is 21.5 Å². The van der Waals surface area contributed by atoms with Gasteiger partial charge in [-0.3, -0.25) is 0 Å². The molecule has 0 saturated carbocycles. The molecule has 1 aliphatic heterocycles. The molecular weight excluding hydrogens is 725 g/mol. The van der Waals surface area contributed by atoms with Gasteiger partial charge >= 0.3 is 0 Å². The minimum atomic E-state index is 0.685. The summed E-state index contributed by atoms with van der Waals surface area (Å²) in [5.74, 6) is 1.39. The molecule has 1 aliphatic rings. The van der Waals surface area contributed by atoms with Crippen LogP contribution in [-0.2, 0) is 0 Å². The average molecular weight is 763 g/mol. The van der Waals surface area contributed by atoms with Gasteiger partial charge in [0, 0.05) is 42.4 Å². The maximum atomic E-state index is 5.36. The fourth-order valence-corrected chi connectivity index (χ4v) is 8.82. The van der Waals surface area contributed by atoms with Gasteiger partial charge in [0.1, 0.15) is 0 Å². The molecule has 58 heavy (non-hydrogen) atoms. The Labute approximate surface area is 342 Å². The largest absolute Gasteiger partial charge is 0.233 e. The molecule has 9 aromatic rings. The highest BCUT2D eigenvalue weighted by Gasteiger charge is 2.16. The van der Waals surface area contributed by atoms with Gasteiger partial charge in [0.2, 0.25) is 0 Å². The third-order valence-electron chi connectivity index (χ3n) is 10.6. The van der Waals surface area contributed by atoms with E-state index < -0.39 is 0 Å². The minimum absolute atomic E-state index is 0.685. The summed E-state index contributed by atoms with van der Waals surface area (Å²) < 4.78 is 2.53. The van der Waals surface area contributed by atoms with Crippen LogP contribution in [0.25, 0.3) is 70.9 Å². The number of aromatic nitrogens is 2.